The Hall–Kier alpha value is -1.06. The largest absolute Gasteiger partial charge is 0.356 e. The number of rotatable bonds is 5. The molecule has 0 radical (unpaired) electrons. The Kier molecular flexibility index (Phi) is 4.12. The minimum Gasteiger partial charge on any atom is -0.356 e. The third kappa shape index (κ3) is 3.90. The summed E-state index contributed by atoms with van der Waals surface area (Å²) in [4.78, 5) is 24.0. The lowest BCUT2D eigenvalue weighted by Gasteiger charge is -2.16. The van der Waals surface area contributed by atoms with Gasteiger partial charge >= 0.3 is 0 Å². The highest BCUT2D eigenvalue weighted by atomic mass is 16.2. The third-order valence-corrected chi connectivity index (χ3v) is 2.85. The number of carbonyl (C=O) groups excluding carboxylic acids is 2. The van der Waals surface area contributed by atoms with E-state index in [0.29, 0.717) is 12.5 Å². The van der Waals surface area contributed by atoms with Gasteiger partial charge in [-0.05, 0) is 18.8 Å². The highest BCUT2D eigenvalue weighted by Gasteiger charge is 2.40. The Morgan fingerprint density at radius 2 is 2.07 bits per heavy atom. The SMILES string of the molecule is CC(=O)NCCCN(C)C(=O)C1CC1C. The molecule has 0 aliphatic heterocycles. The maximum atomic E-state index is 11.7. The van der Waals surface area contributed by atoms with Crippen molar-refractivity contribution in [2.45, 2.75) is 26.7 Å². The van der Waals surface area contributed by atoms with Crippen molar-refractivity contribution in [3.63, 3.8) is 0 Å². The topological polar surface area (TPSA) is 49.4 Å². The molecule has 0 spiro atoms. The van der Waals surface area contributed by atoms with Gasteiger partial charge in [-0.25, -0.2) is 0 Å². The van der Waals surface area contributed by atoms with Crippen LogP contribution in [0.3, 0.4) is 0 Å². The van der Waals surface area contributed by atoms with Gasteiger partial charge in [0.2, 0.25) is 11.8 Å². The number of hydrogen-bond donors (Lipinski definition) is 1. The molecule has 86 valence electrons. The van der Waals surface area contributed by atoms with Gasteiger partial charge in [-0.3, -0.25) is 9.59 Å². The monoisotopic (exact) mass is 212 g/mol. The molecule has 0 heterocycles. The minimum atomic E-state index is -0.0141. The first-order valence-electron chi connectivity index (χ1n) is 5.51. The molecule has 1 fully saturated rings. The zero-order valence-corrected chi connectivity index (χ0v) is 9.75. The van der Waals surface area contributed by atoms with Gasteiger partial charge in [0.25, 0.3) is 0 Å². The van der Waals surface area contributed by atoms with Crippen LogP contribution in [0.1, 0.15) is 26.7 Å². The molecule has 15 heavy (non-hydrogen) atoms. The van der Waals surface area contributed by atoms with E-state index in [4.69, 9.17) is 0 Å². The van der Waals surface area contributed by atoms with Crippen LogP contribution in [0.5, 0.6) is 0 Å². The van der Waals surface area contributed by atoms with Crippen LogP contribution in [0.25, 0.3) is 0 Å². The van der Waals surface area contributed by atoms with Crippen molar-refractivity contribution in [2.75, 3.05) is 20.1 Å². The fourth-order valence-corrected chi connectivity index (χ4v) is 1.64. The molecule has 0 aromatic heterocycles. The molecule has 2 unspecified atom stereocenters. The average Bonchev–Trinajstić information content (AvgIpc) is 2.88. The molecule has 0 aromatic rings. The van der Waals surface area contributed by atoms with Crippen LogP contribution in [0, 0.1) is 11.8 Å². The molecular formula is C11H20N2O2. The van der Waals surface area contributed by atoms with E-state index in [1.54, 1.807) is 4.90 Å². The molecule has 1 saturated carbocycles. The van der Waals surface area contributed by atoms with Crippen LogP contribution in [0.4, 0.5) is 0 Å². The van der Waals surface area contributed by atoms with Gasteiger partial charge in [0.1, 0.15) is 0 Å². The maximum Gasteiger partial charge on any atom is 0.225 e. The average molecular weight is 212 g/mol. The summed E-state index contributed by atoms with van der Waals surface area (Å²) < 4.78 is 0. The molecule has 0 bridgehead atoms. The van der Waals surface area contributed by atoms with Gasteiger partial charge in [-0.1, -0.05) is 6.92 Å². The predicted octanol–water partition coefficient (Wildman–Crippen LogP) is 0.627. The summed E-state index contributed by atoms with van der Waals surface area (Å²) in [6, 6.07) is 0. The standard InChI is InChI=1S/C11H20N2O2/c1-8-7-10(8)11(15)13(3)6-4-5-12-9(2)14/h8,10H,4-7H2,1-3H3,(H,12,14). The van der Waals surface area contributed by atoms with Gasteiger partial charge in [-0.15, -0.1) is 0 Å². The van der Waals surface area contributed by atoms with Gasteiger partial charge in [-0.2, -0.15) is 0 Å². The summed E-state index contributed by atoms with van der Waals surface area (Å²) in [7, 11) is 1.83. The molecule has 1 N–H and O–H groups in total. The summed E-state index contributed by atoms with van der Waals surface area (Å²) in [6.07, 6.45) is 1.86. The lowest BCUT2D eigenvalue weighted by atomic mass is 10.3. The van der Waals surface area contributed by atoms with Gasteiger partial charge < -0.3 is 10.2 Å². The second-order valence-electron chi connectivity index (χ2n) is 4.42. The van der Waals surface area contributed by atoms with Crippen LogP contribution in [0.15, 0.2) is 0 Å². The number of nitrogens with one attached hydrogen (secondary N) is 1. The van der Waals surface area contributed by atoms with Gasteiger partial charge in [0.05, 0.1) is 0 Å². The smallest absolute Gasteiger partial charge is 0.225 e. The van der Waals surface area contributed by atoms with E-state index in [1.165, 1.54) is 6.92 Å². The van der Waals surface area contributed by atoms with Crippen molar-refractivity contribution in [1.29, 1.82) is 0 Å². The second kappa shape index (κ2) is 5.14. The molecule has 1 aliphatic carbocycles. The molecule has 0 aromatic carbocycles. The second-order valence-corrected chi connectivity index (χ2v) is 4.42. The third-order valence-electron chi connectivity index (χ3n) is 2.85. The van der Waals surface area contributed by atoms with Crippen LogP contribution >= 0.6 is 0 Å². The zero-order chi connectivity index (χ0) is 11.4. The predicted molar refractivity (Wildman–Crippen MR) is 58.2 cm³/mol. The Morgan fingerprint density at radius 3 is 2.53 bits per heavy atom. The Labute approximate surface area is 91.0 Å². The van der Waals surface area contributed by atoms with Crippen molar-refractivity contribution in [2.24, 2.45) is 11.8 Å². The first-order chi connectivity index (χ1) is 7.02. The molecule has 1 rings (SSSR count). The molecule has 2 atom stereocenters. The Bertz CT molecular complexity index is 253. The lowest BCUT2D eigenvalue weighted by molar-refractivity contribution is -0.131. The summed E-state index contributed by atoms with van der Waals surface area (Å²) >= 11 is 0. The van der Waals surface area contributed by atoms with Crippen molar-refractivity contribution in [3.05, 3.63) is 0 Å². The number of carbonyl (C=O) groups is 2. The van der Waals surface area contributed by atoms with Crippen LogP contribution < -0.4 is 5.32 Å². The fraction of sp³-hybridized carbons (Fsp3) is 0.818. The quantitative estimate of drug-likeness (QED) is 0.679. The van der Waals surface area contributed by atoms with Crippen molar-refractivity contribution < 1.29 is 9.59 Å². The van der Waals surface area contributed by atoms with E-state index >= 15 is 0 Å². The molecule has 1 aliphatic rings. The molecular weight excluding hydrogens is 192 g/mol. The maximum absolute atomic E-state index is 11.7. The fourth-order valence-electron chi connectivity index (χ4n) is 1.64. The lowest BCUT2D eigenvalue weighted by Crippen LogP contribution is -2.32. The summed E-state index contributed by atoms with van der Waals surface area (Å²) in [5, 5.41) is 2.72. The van der Waals surface area contributed by atoms with Crippen molar-refractivity contribution >= 4 is 11.8 Å². The zero-order valence-electron chi connectivity index (χ0n) is 9.75. The molecule has 4 heteroatoms. The molecule has 2 amide bonds. The molecule has 4 nitrogen and oxygen atoms in total. The summed E-state index contributed by atoms with van der Waals surface area (Å²) in [5.74, 6) is 1.07. The number of amides is 2. The van der Waals surface area contributed by atoms with Crippen molar-refractivity contribution in [3.8, 4) is 0 Å². The van der Waals surface area contributed by atoms with E-state index in [0.717, 1.165) is 19.4 Å². The highest BCUT2D eigenvalue weighted by molar-refractivity contribution is 5.81. The minimum absolute atomic E-state index is 0.0141. The first kappa shape index (κ1) is 12.0. The number of hydrogen-bond acceptors (Lipinski definition) is 2. The van der Waals surface area contributed by atoms with E-state index in [-0.39, 0.29) is 17.7 Å². The Balaban J connectivity index is 2.10. The molecule has 0 saturated heterocycles. The summed E-state index contributed by atoms with van der Waals surface area (Å²) in [5.41, 5.74) is 0. The van der Waals surface area contributed by atoms with E-state index in [1.807, 2.05) is 7.05 Å². The van der Waals surface area contributed by atoms with E-state index in [9.17, 15) is 9.59 Å². The van der Waals surface area contributed by atoms with Crippen LogP contribution in [-0.2, 0) is 9.59 Å². The van der Waals surface area contributed by atoms with E-state index < -0.39 is 0 Å². The van der Waals surface area contributed by atoms with Crippen LogP contribution in [0.2, 0.25) is 0 Å². The van der Waals surface area contributed by atoms with Crippen LogP contribution in [-0.4, -0.2) is 36.9 Å². The van der Waals surface area contributed by atoms with Gasteiger partial charge in [0.15, 0.2) is 0 Å². The normalized spacial score (nSPS) is 23.4. The van der Waals surface area contributed by atoms with Gasteiger partial charge in [0, 0.05) is 33.0 Å². The number of nitrogens with zero attached hydrogens (tertiary/aromatic N) is 1. The highest BCUT2D eigenvalue weighted by Crippen LogP contribution is 2.38. The summed E-state index contributed by atoms with van der Waals surface area (Å²) in [6.45, 7) is 4.98. The Morgan fingerprint density at radius 1 is 1.47 bits per heavy atom. The first-order valence-corrected chi connectivity index (χ1v) is 5.51. The van der Waals surface area contributed by atoms with E-state index in [2.05, 4.69) is 12.2 Å². The van der Waals surface area contributed by atoms with Crippen molar-refractivity contribution in [1.82, 2.24) is 10.2 Å².